The van der Waals surface area contributed by atoms with Crippen molar-refractivity contribution in [2.75, 3.05) is 64.0 Å². The minimum Gasteiger partial charge on any atom is -0.492 e. The lowest BCUT2D eigenvalue weighted by atomic mass is 9.89. The van der Waals surface area contributed by atoms with E-state index in [1.165, 1.54) is 16.9 Å². The number of piperazine rings is 1. The lowest BCUT2D eigenvalue weighted by Gasteiger charge is -2.42. The monoisotopic (exact) mass is 467 g/mol. The maximum atomic E-state index is 13.3. The third kappa shape index (κ3) is 4.53. The Morgan fingerprint density at radius 2 is 1.85 bits per heavy atom. The average Bonchev–Trinajstić information content (AvgIpc) is 3.27. The molecule has 34 heavy (non-hydrogen) atoms. The predicted molar refractivity (Wildman–Crippen MR) is 132 cm³/mol. The molecule has 2 aromatic rings. The zero-order valence-corrected chi connectivity index (χ0v) is 20.5. The molecule has 184 valence electrons. The van der Waals surface area contributed by atoms with Crippen molar-refractivity contribution < 1.29 is 14.3 Å². The van der Waals surface area contributed by atoms with E-state index in [-0.39, 0.29) is 5.91 Å². The van der Waals surface area contributed by atoms with Gasteiger partial charge in [0.25, 0.3) is 5.91 Å². The van der Waals surface area contributed by atoms with Crippen molar-refractivity contribution in [3.8, 4) is 5.75 Å². The Hall–Kier alpha value is -2.58. The summed E-state index contributed by atoms with van der Waals surface area (Å²) in [4.78, 5) is 20.3. The highest BCUT2D eigenvalue weighted by atomic mass is 16.5. The number of para-hydroxylation sites is 2. The Balaban J connectivity index is 1.28. The second-order valence-electron chi connectivity index (χ2n) is 9.31. The number of amides is 1. The molecule has 2 fully saturated rings. The van der Waals surface area contributed by atoms with Gasteiger partial charge in [-0.2, -0.15) is 5.10 Å². The molecule has 1 aromatic carbocycles. The lowest BCUT2D eigenvalue weighted by Crippen LogP contribution is -2.52. The van der Waals surface area contributed by atoms with Crippen LogP contribution in [-0.2, 0) is 24.1 Å². The standard InChI is InChI=1S/C26H37N5O3/c1-3-31-22-10-9-20(19-21(22)25(27-31)26(32)30-15-17-33-18-16-30)28-11-13-29(14-12-28)23-7-5-6-8-24(23)34-4-2/h5-8,20H,3-4,9-19H2,1-2H3/t20-/m0/s1. The number of ether oxygens (including phenoxy) is 2. The van der Waals surface area contributed by atoms with Crippen molar-refractivity contribution in [1.29, 1.82) is 0 Å². The van der Waals surface area contributed by atoms with Crippen LogP contribution < -0.4 is 9.64 Å². The van der Waals surface area contributed by atoms with E-state index in [0.717, 1.165) is 57.7 Å². The second kappa shape index (κ2) is 10.4. The molecule has 1 aromatic heterocycles. The topological polar surface area (TPSA) is 63.1 Å². The summed E-state index contributed by atoms with van der Waals surface area (Å²) in [5.74, 6) is 1.05. The number of hydrogen-bond acceptors (Lipinski definition) is 6. The lowest BCUT2D eigenvalue weighted by molar-refractivity contribution is 0.0297. The number of aromatic nitrogens is 2. The van der Waals surface area contributed by atoms with E-state index in [0.29, 0.717) is 44.6 Å². The number of nitrogens with zero attached hydrogens (tertiary/aromatic N) is 5. The summed E-state index contributed by atoms with van der Waals surface area (Å²) in [6, 6.07) is 8.81. The van der Waals surface area contributed by atoms with Crippen molar-refractivity contribution in [3.63, 3.8) is 0 Å². The minimum absolute atomic E-state index is 0.0738. The van der Waals surface area contributed by atoms with Crippen molar-refractivity contribution in [1.82, 2.24) is 19.6 Å². The molecule has 8 nitrogen and oxygen atoms in total. The van der Waals surface area contributed by atoms with E-state index in [1.807, 2.05) is 17.9 Å². The third-order valence-electron chi connectivity index (χ3n) is 7.46. The highest BCUT2D eigenvalue weighted by Gasteiger charge is 2.34. The van der Waals surface area contributed by atoms with Gasteiger partial charge in [-0.15, -0.1) is 0 Å². The second-order valence-corrected chi connectivity index (χ2v) is 9.31. The van der Waals surface area contributed by atoms with E-state index in [2.05, 4.69) is 39.6 Å². The Morgan fingerprint density at radius 1 is 1.09 bits per heavy atom. The summed E-state index contributed by atoms with van der Waals surface area (Å²) in [6.45, 7) is 12.2. The van der Waals surface area contributed by atoms with E-state index in [4.69, 9.17) is 14.6 Å². The fourth-order valence-electron chi connectivity index (χ4n) is 5.65. The maximum Gasteiger partial charge on any atom is 0.274 e. The van der Waals surface area contributed by atoms with E-state index >= 15 is 0 Å². The van der Waals surface area contributed by atoms with Crippen molar-refractivity contribution >= 4 is 11.6 Å². The number of carbonyl (C=O) groups is 1. The SMILES string of the molecule is CCOc1ccccc1N1CCN([C@H]2CCc3c(c(C(=O)N4CCOCC4)nn3CC)C2)CC1. The van der Waals surface area contributed by atoms with Gasteiger partial charge in [-0.25, -0.2) is 0 Å². The van der Waals surface area contributed by atoms with Gasteiger partial charge in [0.1, 0.15) is 5.75 Å². The molecule has 0 spiro atoms. The fraction of sp³-hybridized carbons (Fsp3) is 0.615. The van der Waals surface area contributed by atoms with Gasteiger partial charge in [0.15, 0.2) is 5.69 Å². The largest absolute Gasteiger partial charge is 0.492 e. The summed E-state index contributed by atoms with van der Waals surface area (Å²) in [7, 11) is 0. The van der Waals surface area contributed by atoms with Crippen LogP contribution in [0.1, 0.15) is 42.0 Å². The molecule has 0 bridgehead atoms. The van der Waals surface area contributed by atoms with Gasteiger partial charge in [-0.1, -0.05) is 12.1 Å². The minimum atomic E-state index is 0.0738. The summed E-state index contributed by atoms with van der Waals surface area (Å²) < 4.78 is 13.4. The van der Waals surface area contributed by atoms with Crippen LogP contribution in [0, 0.1) is 0 Å². The highest BCUT2D eigenvalue weighted by Crippen LogP contribution is 2.32. The normalized spacial score (nSPS) is 21.4. The molecule has 1 aliphatic carbocycles. The molecule has 1 amide bonds. The van der Waals surface area contributed by atoms with Gasteiger partial charge in [-0.3, -0.25) is 14.4 Å². The molecule has 0 radical (unpaired) electrons. The smallest absolute Gasteiger partial charge is 0.274 e. The predicted octanol–water partition coefficient (Wildman–Crippen LogP) is 2.45. The summed E-state index contributed by atoms with van der Waals surface area (Å²) in [5.41, 5.74) is 4.31. The van der Waals surface area contributed by atoms with E-state index < -0.39 is 0 Å². The molecule has 3 heterocycles. The maximum absolute atomic E-state index is 13.3. The number of aryl methyl sites for hydroxylation is 1. The van der Waals surface area contributed by atoms with Gasteiger partial charge in [0.2, 0.25) is 0 Å². The molecule has 0 unspecified atom stereocenters. The van der Waals surface area contributed by atoms with Gasteiger partial charge in [0, 0.05) is 63.1 Å². The number of morpholine rings is 1. The first-order chi connectivity index (χ1) is 16.7. The number of rotatable bonds is 6. The first-order valence-electron chi connectivity index (χ1n) is 12.9. The Labute approximate surface area is 202 Å². The fourth-order valence-corrected chi connectivity index (χ4v) is 5.65. The molecule has 3 aliphatic rings. The number of hydrogen-bond donors (Lipinski definition) is 0. The summed E-state index contributed by atoms with van der Waals surface area (Å²) in [6.07, 6.45) is 3.03. The molecule has 8 heteroatoms. The van der Waals surface area contributed by atoms with Gasteiger partial charge >= 0.3 is 0 Å². The molecule has 2 saturated heterocycles. The van der Waals surface area contributed by atoms with Crippen LogP contribution in [0.3, 0.4) is 0 Å². The highest BCUT2D eigenvalue weighted by molar-refractivity contribution is 5.94. The van der Waals surface area contributed by atoms with Crippen LogP contribution in [0.15, 0.2) is 24.3 Å². The molecule has 5 rings (SSSR count). The average molecular weight is 468 g/mol. The summed E-state index contributed by atoms with van der Waals surface area (Å²) in [5, 5.41) is 4.79. The van der Waals surface area contributed by atoms with E-state index in [1.54, 1.807) is 0 Å². The molecule has 2 aliphatic heterocycles. The Kier molecular flexibility index (Phi) is 7.06. The first kappa shape index (κ1) is 23.2. The van der Waals surface area contributed by atoms with Crippen molar-refractivity contribution in [2.45, 2.75) is 45.7 Å². The van der Waals surface area contributed by atoms with Crippen LogP contribution in [0.2, 0.25) is 0 Å². The molecular formula is C26H37N5O3. The Bertz CT molecular complexity index is 992. The van der Waals surface area contributed by atoms with Gasteiger partial charge < -0.3 is 19.3 Å². The zero-order chi connectivity index (χ0) is 23.5. The molecule has 1 atom stereocenters. The Morgan fingerprint density at radius 3 is 2.59 bits per heavy atom. The first-order valence-corrected chi connectivity index (χ1v) is 12.9. The third-order valence-corrected chi connectivity index (χ3v) is 7.46. The zero-order valence-electron chi connectivity index (χ0n) is 20.5. The van der Waals surface area contributed by atoms with E-state index in [9.17, 15) is 4.79 Å². The van der Waals surface area contributed by atoms with Crippen LogP contribution in [-0.4, -0.2) is 90.6 Å². The van der Waals surface area contributed by atoms with Crippen LogP contribution in [0.4, 0.5) is 5.69 Å². The van der Waals surface area contributed by atoms with Crippen LogP contribution in [0.5, 0.6) is 5.75 Å². The van der Waals surface area contributed by atoms with Gasteiger partial charge in [0.05, 0.1) is 25.5 Å². The van der Waals surface area contributed by atoms with Crippen LogP contribution in [0.25, 0.3) is 0 Å². The number of benzene rings is 1. The number of fused-ring (bicyclic) bond motifs is 1. The molecular weight excluding hydrogens is 430 g/mol. The van der Waals surface area contributed by atoms with Crippen molar-refractivity contribution in [3.05, 3.63) is 41.2 Å². The van der Waals surface area contributed by atoms with Gasteiger partial charge in [-0.05, 0) is 45.2 Å². The molecule has 0 saturated carbocycles. The van der Waals surface area contributed by atoms with Crippen LogP contribution >= 0.6 is 0 Å². The van der Waals surface area contributed by atoms with Crippen molar-refractivity contribution in [2.24, 2.45) is 0 Å². The quantitative estimate of drug-likeness (QED) is 0.650. The number of carbonyl (C=O) groups excluding carboxylic acids is 1. The summed E-state index contributed by atoms with van der Waals surface area (Å²) >= 11 is 0. The number of anilines is 1. The molecule has 0 N–H and O–H groups in total.